The predicted molar refractivity (Wildman–Crippen MR) is 82.5 cm³/mol. The van der Waals surface area contributed by atoms with E-state index in [4.69, 9.17) is 4.74 Å². The van der Waals surface area contributed by atoms with Gasteiger partial charge in [-0.25, -0.2) is 9.78 Å². The highest BCUT2D eigenvalue weighted by molar-refractivity contribution is 7.09. The van der Waals surface area contributed by atoms with Gasteiger partial charge in [0.25, 0.3) is 0 Å². The average molecular weight is 309 g/mol. The Labute approximate surface area is 129 Å². The highest BCUT2D eigenvalue weighted by Gasteiger charge is 2.32. The predicted octanol–water partition coefficient (Wildman–Crippen LogP) is 2.73. The van der Waals surface area contributed by atoms with E-state index in [0.29, 0.717) is 32.2 Å². The minimum Gasteiger partial charge on any atom is -0.372 e. The van der Waals surface area contributed by atoms with E-state index in [9.17, 15) is 4.79 Å². The Kier molecular flexibility index (Phi) is 4.17. The van der Waals surface area contributed by atoms with E-state index in [-0.39, 0.29) is 11.6 Å². The zero-order valence-electron chi connectivity index (χ0n) is 12.7. The van der Waals surface area contributed by atoms with Gasteiger partial charge in [0.1, 0.15) is 5.01 Å². The van der Waals surface area contributed by atoms with Crippen molar-refractivity contribution in [3.05, 3.63) is 16.1 Å². The van der Waals surface area contributed by atoms with E-state index in [1.54, 1.807) is 11.3 Å². The maximum atomic E-state index is 12.3. The second-order valence-corrected chi connectivity index (χ2v) is 7.12. The third-order valence-corrected chi connectivity index (χ3v) is 5.20. The maximum absolute atomic E-state index is 12.3. The Bertz CT molecular complexity index is 515. The first-order valence-electron chi connectivity index (χ1n) is 7.71. The first-order valence-corrected chi connectivity index (χ1v) is 8.58. The van der Waals surface area contributed by atoms with Crippen LogP contribution in [-0.4, -0.2) is 41.2 Å². The van der Waals surface area contributed by atoms with Crippen molar-refractivity contribution in [3.8, 4) is 0 Å². The number of aromatic nitrogens is 1. The molecule has 1 aromatic heterocycles. The molecule has 2 aliphatic rings. The van der Waals surface area contributed by atoms with E-state index in [1.165, 1.54) is 18.5 Å². The number of hydrogen-bond acceptors (Lipinski definition) is 4. The van der Waals surface area contributed by atoms with Crippen LogP contribution in [-0.2, 0) is 11.3 Å². The maximum Gasteiger partial charge on any atom is 0.317 e. The van der Waals surface area contributed by atoms with Gasteiger partial charge in [-0.05, 0) is 26.2 Å². The summed E-state index contributed by atoms with van der Waals surface area (Å²) in [6, 6.07) is -0.0128. The van der Waals surface area contributed by atoms with Crippen LogP contribution >= 0.6 is 11.3 Å². The Hall–Kier alpha value is -1.14. The summed E-state index contributed by atoms with van der Waals surface area (Å²) in [6.45, 7) is 6.61. The van der Waals surface area contributed by atoms with E-state index in [0.717, 1.165) is 11.4 Å². The summed E-state index contributed by atoms with van der Waals surface area (Å²) < 4.78 is 5.76. The molecule has 1 unspecified atom stereocenters. The Morgan fingerprint density at radius 2 is 2.43 bits per heavy atom. The fraction of sp³-hybridized carbons (Fsp3) is 0.733. The third kappa shape index (κ3) is 3.55. The zero-order chi connectivity index (χ0) is 14.9. The SMILES string of the molecule is CCC1(C)CN(C(=O)NCc2nc(C3CC3)cs2)CCO1. The molecule has 0 spiro atoms. The summed E-state index contributed by atoms with van der Waals surface area (Å²) in [4.78, 5) is 18.7. The molecular weight excluding hydrogens is 286 g/mol. The van der Waals surface area contributed by atoms with Crippen molar-refractivity contribution in [1.29, 1.82) is 0 Å². The van der Waals surface area contributed by atoms with Crippen molar-refractivity contribution >= 4 is 17.4 Å². The second-order valence-electron chi connectivity index (χ2n) is 6.17. The number of nitrogens with one attached hydrogen (secondary N) is 1. The van der Waals surface area contributed by atoms with Crippen molar-refractivity contribution in [1.82, 2.24) is 15.2 Å². The molecule has 1 saturated heterocycles. The highest BCUT2D eigenvalue weighted by Crippen LogP contribution is 2.40. The molecule has 1 aliphatic carbocycles. The monoisotopic (exact) mass is 309 g/mol. The van der Waals surface area contributed by atoms with Gasteiger partial charge < -0.3 is 15.0 Å². The largest absolute Gasteiger partial charge is 0.372 e. The molecular formula is C15H23N3O2S. The van der Waals surface area contributed by atoms with Gasteiger partial charge in [-0.3, -0.25) is 0 Å². The molecule has 1 atom stereocenters. The lowest BCUT2D eigenvalue weighted by molar-refractivity contribution is -0.0872. The van der Waals surface area contributed by atoms with Crippen LogP contribution in [0.15, 0.2) is 5.38 Å². The summed E-state index contributed by atoms with van der Waals surface area (Å²) in [6.07, 6.45) is 3.44. The summed E-state index contributed by atoms with van der Waals surface area (Å²) in [5.41, 5.74) is 0.991. The van der Waals surface area contributed by atoms with Gasteiger partial charge >= 0.3 is 6.03 Å². The van der Waals surface area contributed by atoms with E-state index in [1.807, 2.05) is 4.90 Å². The number of urea groups is 1. The molecule has 1 aliphatic heterocycles. The average Bonchev–Trinajstić information content (AvgIpc) is 3.24. The van der Waals surface area contributed by atoms with Gasteiger partial charge in [0.05, 0.1) is 31.0 Å². The van der Waals surface area contributed by atoms with Gasteiger partial charge in [-0.1, -0.05) is 6.92 Å². The molecule has 21 heavy (non-hydrogen) atoms. The number of thiazole rings is 1. The van der Waals surface area contributed by atoms with Crippen LogP contribution < -0.4 is 5.32 Å². The summed E-state index contributed by atoms with van der Waals surface area (Å²) >= 11 is 1.64. The molecule has 5 nitrogen and oxygen atoms in total. The number of ether oxygens (including phenoxy) is 1. The number of nitrogens with zero attached hydrogens (tertiary/aromatic N) is 2. The standard InChI is InChI=1S/C15H23N3O2S/c1-3-15(2)10-18(6-7-20-15)14(19)16-8-13-17-12(9-21-13)11-4-5-11/h9,11H,3-8,10H2,1-2H3,(H,16,19). The quantitative estimate of drug-likeness (QED) is 0.930. The topological polar surface area (TPSA) is 54.5 Å². The molecule has 0 radical (unpaired) electrons. The summed E-state index contributed by atoms with van der Waals surface area (Å²) in [7, 11) is 0. The number of carbonyl (C=O) groups excluding carboxylic acids is 1. The lowest BCUT2D eigenvalue weighted by atomic mass is 10.0. The smallest absolute Gasteiger partial charge is 0.317 e. The number of hydrogen-bond donors (Lipinski definition) is 1. The first-order chi connectivity index (χ1) is 10.1. The lowest BCUT2D eigenvalue weighted by Gasteiger charge is -2.39. The van der Waals surface area contributed by atoms with Crippen molar-refractivity contribution in [3.63, 3.8) is 0 Å². The number of amides is 2. The van der Waals surface area contributed by atoms with Crippen molar-refractivity contribution in [2.45, 2.75) is 51.2 Å². The fourth-order valence-corrected chi connectivity index (χ4v) is 3.37. The third-order valence-electron chi connectivity index (χ3n) is 4.33. The Morgan fingerprint density at radius 3 is 3.14 bits per heavy atom. The van der Waals surface area contributed by atoms with Crippen LogP contribution in [0, 0.1) is 0 Å². The van der Waals surface area contributed by atoms with Crippen LogP contribution in [0.25, 0.3) is 0 Å². The zero-order valence-corrected chi connectivity index (χ0v) is 13.5. The van der Waals surface area contributed by atoms with Gasteiger partial charge in [0.15, 0.2) is 0 Å². The summed E-state index contributed by atoms with van der Waals surface area (Å²) in [5, 5.41) is 6.11. The molecule has 0 aromatic carbocycles. The van der Waals surface area contributed by atoms with E-state index in [2.05, 4.69) is 29.5 Å². The highest BCUT2D eigenvalue weighted by atomic mass is 32.1. The van der Waals surface area contributed by atoms with Gasteiger partial charge in [0, 0.05) is 17.8 Å². The van der Waals surface area contributed by atoms with Crippen molar-refractivity contribution < 1.29 is 9.53 Å². The molecule has 2 fully saturated rings. The van der Waals surface area contributed by atoms with Crippen LogP contribution in [0.5, 0.6) is 0 Å². The molecule has 6 heteroatoms. The van der Waals surface area contributed by atoms with Crippen molar-refractivity contribution in [2.75, 3.05) is 19.7 Å². The molecule has 2 heterocycles. The van der Waals surface area contributed by atoms with Crippen molar-refractivity contribution in [2.24, 2.45) is 0 Å². The number of carbonyl (C=O) groups is 1. The molecule has 1 saturated carbocycles. The minimum absolute atomic E-state index is 0.0128. The Morgan fingerprint density at radius 1 is 1.62 bits per heavy atom. The number of morpholine rings is 1. The molecule has 116 valence electrons. The van der Waals surface area contributed by atoms with Gasteiger partial charge in [0.2, 0.25) is 0 Å². The number of rotatable bonds is 4. The fourth-order valence-electron chi connectivity index (χ4n) is 2.55. The van der Waals surface area contributed by atoms with E-state index < -0.39 is 0 Å². The molecule has 1 aromatic rings. The lowest BCUT2D eigenvalue weighted by Crippen LogP contribution is -2.54. The van der Waals surface area contributed by atoms with Crippen LogP contribution in [0.3, 0.4) is 0 Å². The Balaban J connectivity index is 1.51. The van der Waals surface area contributed by atoms with Gasteiger partial charge in [-0.15, -0.1) is 11.3 Å². The minimum atomic E-state index is -0.212. The van der Waals surface area contributed by atoms with Crippen LogP contribution in [0.2, 0.25) is 0 Å². The van der Waals surface area contributed by atoms with Crippen LogP contribution in [0.1, 0.15) is 49.7 Å². The summed E-state index contributed by atoms with van der Waals surface area (Å²) in [5.74, 6) is 0.676. The van der Waals surface area contributed by atoms with Gasteiger partial charge in [-0.2, -0.15) is 0 Å². The van der Waals surface area contributed by atoms with E-state index >= 15 is 0 Å². The first kappa shape index (κ1) is 14.8. The molecule has 1 N–H and O–H groups in total. The second kappa shape index (κ2) is 5.93. The molecule has 0 bridgehead atoms. The van der Waals surface area contributed by atoms with Crippen LogP contribution in [0.4, 0.5) is 4.79 Å². The molecule has 2 amide bonds. The molecule has 3 rings (SSSR count). The normalized spacial score (nSPS) is 25.9.